The summed E-state index contributed by atoms with van der Waals surface area (Å²) in [7, 11) is 1.95. The third-order valence-corrected chi connectivity index (χ3v) is 3.75. The van der Waals surface area contributed by atoms with Crippen molar-refractivity contribution in [1.29, 1.82) is 0 Å². The Morgan fingerprint density at radius 1 is 1.29 bits per heavy atom. The molecular weight excluding hydrogens is 262 g/mol. The number of pyridine rings is 1. The zero-order valence-corrected chi connectivity index (χ0v) is 12.2. The molecule has 1 aromatic carbocycles. The van der Waals surface area contributed by atoms with Crippen molar-refractivity contribution in [3.8, 4) is 0 Å². The number of benzene rings is 1. The van der Waals surface area contributed by atoms with Crippen LogP contribution in [0.1, 0.15) is 29.9 Å². The first-order valence-corrected chi connectivity index (χ1v) is 7.06. The molecule has 2 heterocycles. The number of aryl methyl sites for hydroxylation is 2. The number of nitrogens with zero attached hydrogens (tertiary/aromatic N) is 3. The number of nitrogens with one attached hydrogen (secondary N) is 1. The van der Waals surface area contributed by atoms with Gasteiger partial charge in [0, 0.05) is 18.6 Å². The quantitative estimate of drug-likeness (QED) is 0.567. The van der Waals surface area contributed by atoms with Gasteiger partial charge in [0.15, 0.2) is 0 Å². The van der Waals surface area contributed by atoms with E-state index in [0.29, 0.717) is 0 Å². The molecule has 108 valence electrons. The van der Waals surface area contributed by atoms with E-state index in [1.54, 1.807) is 6.20 Å². The fraction of sp³-hybridized carbons (Fsp3) is 0.250. The molecule has 3 aromatic rings. The summed E-state index contributed by atoms with van der Waals surface area (Å²) in [6.45, 7) is 2.10. The second kappa shape index (κ2) is 5.63. The Morgan fingerprint density at radius 2 is 2.14 bits per heavy atom. The molecule has 3 rings (SSSR count). The Kier molecular flexibility index (Phi) is 3.68. The molecule has 0 aliphatic carbocycles. The van der Waals surface area contributed by atoms with Crippen molar-refractivity contribution in [1.82, 2.24) is 20.2 Å². The van der Waals surface area contributed by atoms with Crippen LogP contribution >= 0.6 is 0 Å². The number of hydrazine groups is 1. The van der Waals surface area contributed by atoms with Gasteiger partial charge < -0.3 is 0 Å². The van der Waals surface area contributed by atoms with E-state index in [4.69, 9.17) is 5.84 Å². The molecule has 0 fully saturated rings. The van der Waals surface area contributed by atoms with E-state index in [9.17, 15) is 0 Å². The molecule has 0 radical (unpaired) electrons. The van der Waals surface area contributed by atoms with E-state index in [1.807, 2.05) is 23.9 Å². The average Bonchev–Trinajstić information content (AvgIpc) is 2.89. The van der Waals surface area contributed by atoms with Gasteiger partial charge in [0.1, 0.15) is 0 Å². The van der Waals surface area contributed by atoms with Gasteiger partial charge in [0.2, 0.25) is 0 Å². The average molecular weight is 281 g/mol. The van der Waals surface area contributed by atoms with Crippen molar-refractivity contribution in [3.63, 3.8) is 0 Å². The molecule has 5 heteroatoms. The van der Waals surface area contributed by atoms with Crippen LogP contribution in [0.15, 0.2) is 42.6 Å². The van der Waals surface area contributed by atoms with Crippen LogP contribution in [0.3, 0.4) is 0 Å². The van der Waals surface area contributed by atoms with Crippen molar-refractivity contribution in [2.24, 2.45) is 12.9 Å². The summed E-state index contributed by atoms with van der Waals surface area (Å²) in [6.07, 6.45) is 2.71. The molecule has 1 unspecified atom stereocenters. The van der Waals surface area contributed by atoms with Gasteiger partial charge in [-0.2, -0.15) is 5.10 Å². The summed E-state index contributed by atoms with van der Waals surface area (Å²) in [5, 5.41) is 5.60. The lowest BCUT2D eigenvalue weighted by molar-refractivity contribution is 0.574. The topological polar surface area (TPSA) is 68.8 Å². The fourth-order valence-corrected chi connectivity index (χ4v) is 2.61. The van der Waals surface area contributed by atoms with Crippen LogP contribution in [0.2, 0.25) is 0 Å². The van der Waals surface area contributed by atoms with E-state index in [0.717, 1.165) is 34.3 Å². The molecule has 1 atom stereocenters. The minimum Gasteiger partial charge on any atom is -0.271 e. The molecule has 21 heavy (non-hydrogen) atoms. The van der Waals surface area contributed by atoms with Crippen LogP contribution in [0.25, 0.3) is 10.9 Å². The van der Waals surface area contributed by atoms with E-state index in [-0.39, 0.29) is 6.04 Å². The Morgan fingerprint density at radius 3 is 2.86 bits per heavy atom. The van der Waals surface area contributed by atoms with Gasteiger partial charge in [0.25, 0.3) is 0 Å². The first-order valence-electron chi connectivity index (χ1n) is 7.06. The maximum Gasteiger partial charge on any atom is 0.0878 e. The van der Waals surface area contributed by atoms with E-state index >= 15 is 0 Å². The lowest BCUT2D eigenvalue weighted by Gasteiger charge is -2.17. The molecule has 2 aromatic heterocycles. The monoisotopic (exact) mass is 281 g/mol. The molecule has 0 aliphatic rings. The summed E-state index contributed by atoms with van der Waals surface area (Å²) in [5.41, 5.74) is 7.10. The smallest absolute Gasteiger partial charge is 0.0878 e. The SMILES string of the molecule is CCc1cc(C(NN)c2ccc3ncccc3c2)n(C)n1. The first kappa shape index (κ1) is 13.7. The minimum absolute atomic E-state index is 0.0904. The normalized spacial score (nSPS) is 12.7. The van der Waals surface area contributed by atoms with Gasteiger partial charge in [-0.25, -0.2) is 5.43 Å². The van der Waals surface area contributed by atoms with Gasteiger partial charge in [-0.1, -0.05) is 19.1 Å². The second-order valence-electron chi connectivity index (χ2n) is 5.09. The maximum absolute atomic E-state index is 5.79. The molecule has 0 bridgehead atoms. The van der Waals surface area contributed by atoms with E-state index < -0.39 is 0 Å². The number of hydrogen-bond donors (Lipinski definition) is 2. The highest BCUT2D eigenvalue weighted by Gasteiger charge is 2.17. The predicted octanol–water partition coefficient (Wildman–Crippen LogP) is 2.08. The van der Waals surface area contributed by atoms with Gasteiger partial charge in [-0.05, 0) is 36.2 Å². The van der Waals surface area contributed by atoms with Crippen molar-refractivity contribution in [2.75, 3.05) is 0 Å². The number of fused-ring (bicyclic) bond motifs is 1. The van der Waals surface area contributed by atoms with Crippen molar-refractivity contribution in [2.45, 2.75) is 19.4 Å². The zero-order chi connectivity index (χ0) is 14.8. The Labute approximate surface area is 123 Å². The van der Waals surface area contributed by atoms with Crippen LogP contribution < -0.4 is 11.3 Å². The highest BCUT2D eigenvalue weighted by Crippen LogP contribution is 2.24. The molecule has 0 spiro atoms. The lowest BCUT2D eigenvalue weighted by Crippen LogP contribution is -2.30. The molecule has 0 aliphatic heterocycles. The van der Waals surface area contributed by atoms with E-state index in [1.165, 1.54) is 0 Å². The van der Waals surface area contributed by atoms with Gasteiger partial charge in [-0.15, -0.1) is 0 Å². The summed E-state index contributed by atoms with van der Waals surface area (Å²) < 4.78 is 1.89. The van der Waals surface area contributed by atoms with Gasteiger partial charge in [-0.3, -0.25) is 15.5 Å². The largest absolute Gasteiger partial charge is 0.271 e. The van der Waals surface area contributed by atoms with Crippen LogP contribution in [0.4, 0.5) is 0 Å². The van der Waals surface area contributed by atoms with Crippen molar-refractivity contribution < 1.29 is 0 Å². The standard InChI is InChI=1S/C16H19N5/c1-3-13-10-15(21(2)20-13)16(19-17)12-6-7-14-11(9-12)5-4-8-18-14/h4-10,16,19H,3,17H2,1-2H3. The Bertz CT molecular complexity index is 762. The first-order chi connectivity index (χ1) is 10.2. The van der Waals surface area contributed by atoms with Gasteiger partial charge in [0.05, 0.1) is 22.9 Å². The predicted molar refractivity (Wildman–Crippen MR) is 83.5 cm³/mol. The second-order valence-corrected chi connectivity index (χ2v) is 5.09. The third-order valence-electron chi connectivity index (χ3n) is 3.75. The highest BCUT2D eigenvalue weighted by molar-refractivity contribution is 5.79. The number of hydrogen-bond acceptors (Lipinski definition) is 4. The summed E-state index contributed by atoms with van der Waals surface area (Å²) >= 11 is 0. The Balaban J connectivity index is 2.06. The summed E-state index contributed by atoms with van der Waals surface area (Å²) in [6, 6.07) is 12.2. The Hall–Kier alpha value is -2.24. The van der Waals surface area contributed by atoms with Crippen LogP contribution in [-0.2, 0) is 13.5 Å². The lowest BCUT2D eigenvalue weighted by atomic mass is 10.0. The third kappa shape index (κ3) is 2.53. The molecule has 3 N–H and O–H groups in total. The number of rotatable bonds is 4. The number of nitrogens with two attached hydrogens (primary N) is 1. The summed E-state index contributed by atoms with van der Waals surface area (Å²) in [5.74, 6) is 5.79. The van der Waals surface area contributed by atoms with Crippen LogP contribution in [-0.4, -0.2) is 14.8 Å². The maximum atomic E-state index is 5.79. The van der Waals surface area contributed by atoms with Gasteiger partial charge >= 0.3 is 0 Å². The van der Waals surface area contributed by atoms with E-state index in [2.05, 4.69) is 46.7 Å². The fourth-order valence-electron chi connectivity index (χ4n) is 2.61. The summed E-state index contributed by atoms with van der Waals surface area (Å²) in [4.78, 5) is 4.35. The molecular formula is C16H19N5. The molecule has 0 amide bonds. The van der Waals surface area contributed by atoms with Crippen molar-refractivity contribution >= 4 is 10.9 Å². The zero-order valence-electron chi connectivity index (χ0n) is 12.2. The van der Waals surface area contributed by atoms with Crippen molar-refractivity contribution in [3.05, 3.63) is 59.5 Å². The molecule has 0 saturated carbocycles. The molecule has 0 saturated heterocycles. The minimum atomic E-state index is -0.0904. The molecule has 5 nitrogen and oxygen atoms in total. The number of aromatic nitrogens is 3. The van der Waals surface area contributed by atoms with Crippen LogP contribution in [0.5, 0.6) is 0 Å². The highest BCUT2D eigenvalue weighted by atomic mass is 15.3. The van der Waals surface area contributed by atoms with Crippen LogP contribution in [0, 0.1) is 0 Å².